The zero-order valence-corrected chi connectivity index (χ0v) is 20.5. The van der Waals surface area contributed by atoms with Crippen LogP contribution in [0.5, 0.6) is 0 Å². The highest BCUT2D eigenvalue weighted by Gasteiger charge is 2.26. The third kappa shape index (κ3) is 5.21. The van der Waals surface area contributed by atoms with Crippen LogP contribution in [0.3, 0.4) is 0 Å². The zero-order valence-electron chi connectivity index (χ0n) is 19.7. The van der Waals surface area contributed by atoms with Crippen LogP contribution in [-0.2, 0) is 24.3 Å². The Balaban J connectivity index is 1.33. The molecule has 3 amide bonds. The van der Waals surface area contributed by atoms with Crippen molar-refractivity contribution in [3.05, 3.63) is 90.0 Å². The van der Waals surface area contributed by atoms with Crippen LogP contribution in [0, 0.1) is 0 Å². The predicted molar refractivity (Wildman–Crippen MR) is 142 cm³/mol. The first-order chi connectivity index (χ1) is 17.6. The second-order valence-electron chi connectivity index (χ2n) is 8.38. The number of nitrogens with one attached hydrogen (secondary N) is 2. The average Bonchev–Trinajstić information content (AvgIpc) is 3.51. The van der Waals surface area contributed by atoms with E-state index in [2.05, 4.69) is 22.2 Å². The first-order valence-electron chi connectivity index (χ1n) is 11.7. The Labute approximate surface area is 213 Å². The topological polar surface area (TPSA) is 92.2 Å². The third-order valence-corrected chi connectivity index (χ3v) is 6.91. The Morgan fingerprint density at radius 3 is 2.50 bits per heavy atom. The fraction of sp³-hybridized carbons (Fsp3) is 0.185. The number of anilines is 1. The Kier molecular flexibility index (Phi) is 6.90. The largest absolute Gasteiger partial charge is 0.335 e. The Hall–Kier alpha value is -4.24. The number of thiazole rings is 1. The number of aromatic nitrogens is 3. The van der Waals surface area contributed by atoms with E-state index in [1.165, 1.54) is 11.3 Å². The van der Waals surface area contributed by atoms with E-state index >= 15 is 0 Å². The predicted octanol–water partition coefficient (Wildman–Crippen LogP) is 4.57. The highest BCUT2D eigenvalue weighted by atomic mass is 32.1. The lowest BCUT2D eigenvalue weighted by Crippen LogP contribution is -2.37. The van der Waals surface area contributed by atoms with Crippen molar-refractivity contribution in [1.82, 2.24) is 25.0 Å². The number of hydrogen-bond acceptors (Lipinski definition) is 5. The van der Waals surface area contributed by atoms with Crippen molar-refractivity contribution in [2.24, 2.45) is 0 Å². The molecule has 0 bridgehead atoms. The number of benzene rings is 2. The normalized spacial score (nSPS) is 12.6. The fourth-order valence-corrected chi connectivity index (χ4v) is 5.14. The van der Waals surface area contributed by atoms with Crippen molar-refractivity contribution in [1.29, 1.82) is 0 Å². The highest BCUT2D eigenvalue weighted by Crippen LogP contribution is 2.29. The molecule has 0 fully saturated rings. The van der Waals surface area contributed by atoms with Crippen LogP contribution < -0.4 is 10.6 Å². The molecule has 8 nitrogen and oxygen atoms in total. The van der Waals surface area contributed by atoms with Crippen LogP contribution in [0.2, 0.25) is 0 Å². The van der Waals surface area contributed by atoms with E-state index in [1.54, 1.807) is 10.8 Å². The Morgan fingerprint density at radius 2 is 1.78 bits per heavy atom. The molecule has 2 N–H and O–H groups in total. The minimum Gasteiger partial charge on any atom is -0.335 e. The van der Waals surface area contributed by atoms with Gasteiger partial charge in [0.25, 0.3) is 0 Å². The summed E-state index contributed by atoms with van der Waals surface area (Å²) in [6.45, 7) is 5.15. The van der Waals surface area contributed by atoms with Gasteiger partial charge in [-0.25, -0.2) is 9.78 Å². The lowest BCUT2D eigenvalue weighted by atomic mass is 10.1. The number of carbonyl (C=O) groups excluding carboxylic acids is 2. The van der Waals surface area contributed by atoms with E-state index in [1.807, 2.05) is 71.6 Å². The van der Waals surface area contributed by atoms with Gasteiger partial charge in [0, 0.05) is 30.0 Å². The number of urea groups is 1. The number of hydrogen-bond donors (Lipinski definition) is 2. The maximum absolute atomic E-state index is 13.4. The molecule has 3 heterocycles. The molecule has 1 aliphatic heterocycles. The molecule has 0 spiro atoms. The highest BCUT2D eigenvalue weighted by molar-refractivity contribution is 7.15. The molecule has 36 heavy (non-hydrogen) atoms. The van der Waals surface area contributed by atoms with Crippen molar-refractivity contribution in [3.63, 3.8) is 0 Å². The summed E-state index contributed by atoms with van der Waals surface area (Å²) in [5.74, 6) is -0.00724. The summed E-state index contributed by atoms with van der Waals surface area (Å²) in [7, 11) is 0. The molecule has 0 atom stereocenters. The van der Waals surface area contributed by atoms with Crippen LogP contribution in [-0.4, -0.2) is 44.7 Å². The van der Waals surface area contributed by atoms with Gasteiger partial charge >= 0.3 is 6.03 Å². The van der Waals surface area contributed by atoms with Crippen LogP contribution >= 0.6 is 11.3 Å². The molecule has 5 rings (SSSR count). The van der Waals surface area contributed by atoms with Gasteiger partial charge in [-0.1, -0.05) is 78.1 Å². The smallest absolute Gasteiger partial charge is 0.321 e. The minimum absolute atomic E-state index is 0.00724. The standard InChI is InChI=1S/C27H26N6O2S/c1-2-14-28-26(35)30-27-29-21-13-15-32(17-24(21)36-27)25(34)18-33-23(20-11-7-4-8-12-20)16-22(31-33)19-9-5-3-6-10-19/h2-12,16H,1,13-15,17-18H2,(H2,28,29,30,35). The van der Waals surface area contributed by atoms with Crippen molar-refractivity contribution < 1.29 is 9.59 Å². The van der Waals surface area contributed by atoms with Gasteiger partial charge in [0.15, 0.2) is 5.13 Å². The Bertz CT molecular complexity index is 1380. The monoisotopic (exact) mass is 498 g/mol. The number of nitrogens with zero attached hydrogens (tertiary/aromatic N) is 4. The molecule has 0 radical (unpaired) electrons. The van der Waals surface area contributed by atoms with Gasteiger partial charge < -0.3 is 10.2 Å². The Morgan fingerprint density at radius 1 is 1.06 bits per heavy atom. The summed E-state index contributed by atoms with van der Waals surface area (Å²) >= 11 is 1.40. The summed E-state index contributed by atoms with van der Waals surface area (Å²) in [6.07, 6.45) is 2.26. The second kappa shape index (κ2) is 10.6. The van der Waals surface area contributed by atoms with Gasteiger partial charge in [0.2, 0.25) is 5.91 Å². The molecule has 0 saturated carbocycles. The quantitative estimate of drug-likeness (QED) is 0.365. The summed E-state index contributed by atoms with van der Waals surface area (Å²) < 4.78 is 1.79. The molecule has 2 aromatic carbocycles. The van der Waals surface area contributed by atoms with Gasteiger partial charge in [0.1, 0.15) is 6.54 Å². The van der Waals surface area contributed by atoms with Gasteiger partial charge in [-0.3, -0.25) is 14.8 Å². The van der Waals surface area contributed by atoms with Gasteiger partial charge in [-0.2, -0.15) is 5.10 Å². The summed E-state index contributed by atoms with van der Waals surface area (Å²) in [5, 5.41) is 10.8. The van der Waals surface area contributed by atoms with Crippen LogP contribution in [0.4, 0.5) is 9.93 Å². The number of fused-ring (bicyclic) bond motifs is 1. The van der Waals surface area contributed by atoms with Crippen LogP contribution in [0.15, 0.2) is 79.4 Å². The van der Waals surface area contributed by atoms with Crippen molar-refractivity contribution in [2.75, 3.05) is 18.4 Å². The summed E-state index contributed by atoms with van der Waals surface area (Å²) in [6, 6.07) is 21.7. The molecular formula is C27H26N6O2S. The third-order valence-electron chi connectivity index (χ3n) is 5.92. The molecule has 2 aromatic heterocycles. The van der Waals surface area contributed by atoms with Gasteiger partial charge in [0.05, 0.1) is 23.6 Å². The molecule has 4 aromatic rings. The van der Waals surface area contributed by atoms with E-state index in [9.17, 15) is 9.59 Å². The number of carbonyl (C=O) groups is 2. The lowest BCUT2D eigenvalue weighted by Gasteiger charge is -2.26. The SMILES string of the molecule is C=CCNC(=O)Nc1nc2c(s1)CN(C(=O)Cn1nc(-c3ccccc3)cc1-c1ccccc1)CC2. The van der Waals surface area contributed by atoms with E-state index < -0.39 is 0 Å². The number of amides is 3. The first-order valence-corrected chi connectivity index (χ1v) is 12.5. The maximum Gasteiger partial charge on any atom is 0.321 e. The maximum atomic E-state index is 13.4. The van der Waals surface area contributed by atoms with E-state index in [-0.39, 0.29) is 18.5 Å². The van der Waals surface area contributed by atoms with E-state index in [0.29, 0.717) is 31.2 Å². The lowest BCUT2D eigenvalue weighted by molar-refractivity contribution is -0.132. The van der Waals surface area contributed by atoms with Gasteiger partial charge in [-0.05, 0) is 11.6 Å². The van der Waals surface area contributed by atoms with Gasteiger partial charge in [-0.15, -0.1) is 6.58 Å². The zero-order chi connectivity index (χ0) is 24.9. The van der Waals surface area contributed by atoms with Crippen molar-refractivity contribution in [2.45, 2.75) is 19.5 Å². The molecule has 0 aliphatic carbocycles. The number of rotatable bonds is 7. The van der Waals surface area contributed by atoms with E-state index in [0.717, 1.165) is 33.1 Å². The summed E-state index contributed by atoms with van der Waals surface area (Å²) in [4.78, 5) is 32.7. The van der Waals surface area contributed by atoms with Crippen LogP contribution in [0.1, 0.15) is 10.6 Å². The van der Waals surface area contributed by atoms with Crippen LogP contribution in [0.25, 0.3) is 22.5 Å². The average molecular weight is 499 g/mol. The molecular weight excluding hydrogens is 472 g/mol. The summed E-state index contributed by atoms with van der Waals surface area (Å²) in [5.41, 5.74) is 4.67. The molecule has 0 unspecified atom stereocenters. The molecule has 9 heteroatoms. The van der Waals surface area contributed by atoms with Crippen molar-refractivity contribution in [3.8, 4) is 22.5 Å². The molecule has 182 valence electrons. The fourth-order valence-electron chi connectivity index (χ4n) is 4.12. The minimum atomic E-state index is -0.324. The van der Waals surface area contributed by atoms with E-state index in [4.69, 9.17) is 5.10 Å². The van der Waals surface area contributed by atoms with Crippen molar-refractivity contribution >= 4 is 28.4 Å². The molecule has 1 aliphatic rings. The molecule has 0 saturated heterocycles. The second-order valence-corrected chi connectivity index (χ2v) is 9.47. The first kappa shape index (κ1) is 23.5.